The Kier molecular flexibility index (Phi) is 8.04. The molecule has 37 heavy (non-hydrogen) atoms. The molecule has 0 aliphatic carbocycles. The summed E-state index contributed by atoms with van der Waals surface area (Å²) >= 11 is 0. The van der Waals surface area contributed by atoms with E-state index in [-0.39, 0.29) is 11.6 Å². The smallest absolute Gasteiger partial charge is 0.258 e. The van der Waals surface area contributed by atoms with E-state index in [1.54, 1.807) is 39.3 Å². The highest BCUT2D eigenvalue weighted by Gasteiger charge is 2.20. The molecule has 2 N–H and O–H groups in total. The summed E-state index contributed by atoms with van der Waals surface area (Å²) in [6, 6.07) is 17.0. The number of hydrogen-bond acceptors (Lipinski definition) is 6. The highest BCUT2D eigenvalue weighted by atomic mass is 32.2. The van der Waals surface area contributed by atoms with Crippen molar-refractivity contribution in [3.63, 3.8) is 0 Å². The topological polar surface area (TPSA) is 97.0 Å². The number of amides is 1. The van der Waals surface area contributed by atoms with Crippen LogP contribution in [0, 0.1) is 6.92 Å². The number of nitrogens with zero attached hydrogens (tertiary/aromatic N) is 1. The van der Waals surface area contributed by atoms with Gasteiger partial charge in [0, 0.05) is 25.3 Å². The molecule has 0 spiro atoms. The van der Waals surface area contributed by atoms with Crippen molar-refractivity contribution in [3.05, 3.63) is 82.4 Å². The van der Waals surface area contributed by atoms with E-state index < -0.39 is 10.0 Å². The lowest BCUT2D eigenvalue weighted by Crippen LogP contribution is -2.32. The SMILES string of the molecule is COc1cc2c(cc1OC)CN(CCc1ccc(NC(=O)c3c(C)cccc3NS(C)(=O)=O)cc1)CC2. The Labute approximate surface area is 218 Å². The average molecular weight is 524 g/mol. The fourth-order valence-corrected chi connectivity index (χ4v) is 5.19. The maximum atomic E-state index is 13.0. The van der Waals surface area contributed by atoms with Gasteiger partial charge in [0.1, 0.15) is 0 Å². The molecule has 0 bridgehead atoms. The van der Waals surface area contributed by atoms with Crippen molar-refractivity contribution in [3.8, 4) is 11.5 Å². The maximum absolute atomic E-state index is 13.0. The third-order valence-corrected chi connectivity index (χ3v) is 7.11. The number of methoxy groups -OCH3 is 2. The van der Waals surface area contributed by atoms with Crippen molar-refractivity contribution in [1.29, 1.82) is 0 Å². The summed E-state index contributed by atoms with van der Waals surface area (Å²) in [5, 5.41) is 2.88. The van der Waals surface area contributed by atoms with Crippen LogP contribution in [0.25, 0.3) is 0 Å². The van der Waals surface area contributed by atoms with E-state index in [1.165, 1.54) is 16.7 Å². The van der Waals surface area contributed by atoms with Crippen molar-refractivity contribution in [1.82, 2.24) is 4.90 Å². The number of ether oxygens (including phenoxy) is 2. The largest absolute Gasteiger partial charge is 0.493 e. The lowest BCUT2D eigenvalue weighted by molar-refractivity contribution is 0.102. The molecule has 196 valence electrons. The highest BCUT2D eigenvalue weighted by molar-refractivity contribution is 7.92. The van der Waals surface area contributed by atoms with Crippen molar-refractivity contribution < 1.29 is 22.7 Å². The average Bonchev–Trinajstić information content (AvgIpc) is 2.86. The van der Waals surface area contributed by atoms with Gasteiger partial charge in [0.25, 0.3) is 5.91 Å². The van der Waals surface area contributed by atoms with Gasteiger partial charge in [-0.1, -0.05) is 24.3 Å². The van der Waals surface area contributed by atoms with E-state index in [0.29, 0.717) is 16.8 Å². The van der Waals surface area contributed by atoms with Gasteiger partial charge in [-0.2, -0.15) is 0 Å². The maximum Gasteiger partial charge on any atom is 0.258 e. The number of hydrogen-bond donors (Lipinski definition) is 2. The first-order valence-electron chi connectivity index (χ1n) is 12.1. The summed E-state index contributed by atoms with van der Waals surface area (Å²) in [5.41, 5.74) is 5.64. The van der Waals surface area contributed by atoms with Crippen LogP contribution >= 0.6 is 0 Å². The minimum Gasteiger partial charge on any atom is -0.493 e. The molecule has 0 saturated heterocycles. The number of fused-ring (bicyclic) bond motifs is 1. The zero-order valence-electron chi connectivity index (χ0n) is 21.6. The fourth-order valence-electron chi connectivity index (χ4n) is 4.62. The van der Waals surface area contributed by atoms with E-state index in [4.69, 9.17) is 9.47 Å². The van der Waals surface area contributed by atoms with E-state index in [9.17, 15) is 13.2 Å². The Morgan fingerprint density at radius 1 is 1.00 bits per heavy atom. The van der Waals surface area contributed by atoms with Gasteiger partial charge in [-0.15, -0.1) is 0 Å². The van der Waals surface area contributed by atoms with Gasteiger partial charge in [0.15, 0.2) is 11.5 Å². The van der Waals surface area contributed by atoms with E-state index in [0.717, 1.165) is 50.2 Å². The Bertz CT molecular complexity index is 1390. The van der Waals surface area contributed by atoms with E-state index in [2.05, 4.69) is 27.1 Å². The molecule has 0 unspecified atom stereocenters. The van der Waals surface area contributed by atoms with Crippen LogP contribution < -0.4 is 19.5 Å². The van der Waals surface area contributed by atoms with Gasteiger partial charge in [-0.05, 0) is 72.4 Å². The molecule has 3 aromatic carbocycles. The second kappa shape index (κ2) is 11.2. The fraction of sp³-hybridized carbons (Fsp3) is 0.321. The zero-order valence-corrected chi connectivity index (χ0v) is 22.4. The Morgan fingerprint density at radius 2 is 1.68 bits per heavy atom. The molecule has 0 saturated carbocycles. The standard InChI is InChI=1S/C28H33N3O5S/c1-19-6-5-7-24(30-37(4,33)34)27(19)28(32)29-23-10-8-20(9-11-23)12-14-31-15-13-21-16-25(35-2)26(36-3)17-22(21)18-31/h5-11,16-17,30H,12-15,18H2,1-4H3,(H,29,32). The van der Waals surface area contributed by atoms with Crippen LogP contribution in [0.15, 0.2) is 54.6 Å². The van der Waals surface area contributed by atoms with E-state index >= 15 is 0 Å². The molecule has 1 aliphatic rings. The third-order valence-electron chi connectivity index (χ3n) is 6.52. The lowest BCUT2D eigenvalue weighted by Gasteiger charge is -2.29. The molecule has 0 radical (unpaired) electrons. The summed E-state index contributed by atoms with van der Waals surface area (Å²) in [4.78, 5) is 15.4. The van der Waals surface area contributed by atoms with Crippen LogP contribution in [0.5, 0.6) is 11.5 Å². The molecule has 1 aliphatic heterocycles. The molecule has 0 fully saturated rings. The Morgan fingerprint density at radius 3 is 2.32 bits per heavy atom. The minimum atomic E-state index is -3.51. The molecule has 4 rings (SSSR count). The molecular weight excluding hydrogens is 490 g/mol. The molecule has 1 amide bonds. The van der Waals surface area contributed by atoms with Crippen molar-refractivity contribution in [2.75, 3.05) is 43.6 Å². The first kappa shape index (κ1) is 26.5. The van der Waals surface area contributed by atoms with Gasteiger partial charge in [-0.3, -0.25) is 14.4 Å². The normalized spacial score (nSPS) is 13.5. The van der Waals surface area contributed by atoms with Gasteiger partial charge < -0.3 is 14.8 Å². The Balaban J connectivity index is 1.37. The Hall–Kier alpha value is -3.56. The van der Waals surface area contributed by atoms with Crippen LogP contribution in [0.2, 0.25) is 0 Å². The molecule has 3 aromatic rings. The number of nitrogens with one attached hydrogen (secondary N) is 2. The molecular formula is C28H33N3O5S. The lowest BCUT2D eigenvalue weighted by atomic mass is 9.98. The van der Waals surface area contributed by atoms with Crippen LogP contribution in [0.3, 0.4) is 0 Å². The number of benzene rings is 3. The predicted octanol–water partition coefficient (Wildman–Crippen LogP) is 4.24. The number of carbonyl (C=O) groups is 1. The van der Waals surface area contributed by atoms with Crippen molar-refractivity contribution in [2.24, 2.45) is 0 Å². The third kappa shape index (κ3) is 6.61. The summed E-state index contributed by atoms with van der Waals surface area (Å²) in [7, 11) is -0.198. The number of anilines is 2. The molecule has 0 aromatic heterocycles. The van der Waals surface area contributed by atoms with Gasteiger partial charge in [-0.25, -0.2) is 8.42 Å². The van der Waals surface area contributed by atoms with Gasteiger partial charge in [0.05, 0.1) is 31.7 Å². The molecule has 9 heteroatoms. The molecule has 8 nitrogen and oxygen atoms in total. The monoisotopic (exact) mass is 523 g/mol. The van der Waals surface area contributed by atoms with E-state index in [1.807, 2.05) is 24.3 Å². The second-order valence-electron chi connectivity index (χ2n) is 9.27. The first-order valence-corrected chi connectivity index (χ1v) is 14.0. The minimum absolute atomic E-state index is 0.260. The van der Waals surface area contributed by atoms with Crippen LogP contribution in [0.4, 0.5) is 11.4 Å². The van der Waals surface area contributed by atoms with Crippen molar-refractivity contribution in [2.45, 2.75) is 26.3 Å². The predicted molar refractivity (Wildman–Crippen MR) is 146 cm³/mol. The number of carbonyl (C=O) groups excluding carboxylic acids is 1. The zero-order chi connectivity index (χ0) is 26.6. The number of sulfonamides is 1. The number of aryl methyl sites for hydroxylation is 1. The van der Waals surface area contributed by atoms with Crippen LogP contribution in [-0.4, -0.2) is 52.8 Å². The first-order chi connectivity index (χ1) is 17.7. The summed E-state index contributed by atoms with van der Waals surface area (Å²) in [6.45, 7) is 4.54. The molecule has 1 heterocycles. The summed E-state index contributed by atoms with van der Waals surface area (Å²) in [5.74, 6) is 1.16. The second-order valence-corrected chi connectivity index (χ2v) is 11.0. The van der Waals surface area contributed by atoms with Crippen molar-refractivity contribution >= 4 is 27.3 Å². The van der Waals surface area contributed by atoms with Crippen LogP contribution in [0.1, 0.15) is 32.6 Å². The summed E-state index contributed by atoms with van der Waals surface area (Å²) < 4.78 is 36.8. The number of rotatable bonds is 9. The highest BCUT2D eigenvalue weighted by Crippen LogP contribution is 2.33. The summed E-state index contributed by atoms with van der Waals surface area (Å²) in [6.07, 6.45) is 2.92. The van der Waals surface area contributed by atoms with Gasteiger partial charge in [0.2, 0.25) is 10.0 Å². The quantitative estimate of drug-likeness (QED) is 0.436. The van der Waals surface area contributed by atoms with Crippen LogP contribution in [-0.2, 0) is 29.4 Å². The van der Waals surface area contributed by atoms with Gasteiger partial charge >= 0.3 is 0 Å². The molecule has 0 atom stereocenters.